The number of aryl methyl sites for hydroxylation is 3. The SMILES string of the molecule is Cc1cc(C(C)n2nc(C)c(Cl)c2N)c(C)o1. The number of anilines is 1. The van der Waals surface area contributed by atoms with Gasteiger partial charge in [0.25, 0.3) is 0 Å². The molecule has 2 rings (SSSR count). The fraction of sp³-hybridized carbons (Fsp3) is 0.417. The van der Waals surface area contributed by atoms with Gasteiger partial charge in [0.05, 0.1) is 11.7 Å². The maximum Gasteiger partial charge on any atom is 0.141 e. The Kier molecular flexibility index (Phi) is 2.91. The van der Waals surface area contributed by atoms with Crippen molar-refractivity contribution in [3.05, 3.63) is 33.9 Å². The second kappa shape index (κ2) is 4.11. The molecule has 4 nitrogen and oxygen atoms in total. The zero-order valence-corrected chi connectivity index (χ0v) is 11.2. The van der Waals surface area contributed by atoms with E-state index in [2.05, 4.69) is 5.10 Å². The van der Waals surface area contributed by atoms with Crippen LogP contribution in [0, 0.1) is 20.8 Å². The number of hydrogen-bond acceptors (Lipinski definition) is 3. The normalized spacial score (nSPS) is 13.0. The van der Waals surface area contributed by atoms with Gasteiger partial charge in [-0.3, -0.25) is 0 Å². The summed E-state index contributed by atoms with van der Waals surface area (Å²) >= 11 is 6.04. The minimum Gasteiger partial charge on any atom is -0.466 e. The fourth-order valence-electron chi connectivity index (χ4n) is 2.04. The summed E-state index contributed by atoms with van der Waals surface area (Å²) in [6.45, 7) is 7.73. The van der Waals surface area contributed by atoms with Crippen molar-refractivity contribution in [1.82, 2.24) is 9.78 Å². The second-order valence-electron chi connectivity index (χ2n) is 4.27. The molecule has 0 radical (unpaired) electrons. The number of rotatable bonds is 2. The summed E-state index contributed by atoms with van der Waals surface area (Å²) in [7, 11) is 0. The first kappa shape index (κ1) is 12.0. The molecule has 2 N–H and O–H groups in total. The van der Waals surface area contributed by atoms with Crippen LogP contribution in [0.5, 0.6) is 0 Å². The van der Waals surface area contributed by atoms with Gasteiger partial charge >= 0.3 is 0 Å². The highest BCUT2D eigenvalue weighted by atomic mass is 35.5. The number of aromatic nitrogens is 2. The molecule has 0 aliphatic heterocycles. The predicted octanol–water partition coefficient (Wildman–Crippen LogP) is 3.25. The van der Waals surface area contributed by atoms with E-state index in [0.29, 0.717) is 10.8 Å². The molecule has 1 atom stereocenters. The van der Waals surface area contributed by atoms with E-state index in [9.17, 15) is 0 Å². The summed E-state index contributed by atoms with van der Waals surface area (Å²) in [6.07, 6.45) is 0. The van der Waals surface area contributed by atoms with E-state index in [-0.39, 0.29) is 6.04 Å². The number of halogens is 1. The standard InChI is InChI=1S/C12H16ClN3O/c1-6-5-10(9(4)17-6)8(3)16-12(14)11(13)7(2)15-16/h5,8H,14H2,1-4H3. The van der Waals surface area contributed by atoms with Gasteiger partial charge in [0.1, 0.15) is 22.4 Å². The zero-order valence-electron chi connectivity index (χ0n) is 10.4. The molecule has 0 bridgehead atoms. The van der Waals surface area contributed by atoms with Crippen molar-refractivity contribution < 1.29 is 4.42 Å². The predicted molar refractivity (Wildman–Crippen MR) is 68.4 cm³/mol. The van der Waals surface area contributed by atoms with Gasteiger partial charge in [-0.2, -0.15) is 5.10 Å². The van der Waals surface area contributed by atoms with Crippen LogP contribution >= 0.6 is 11.6 Å². The summed E-state index contributed by atoms with van der Waals surface area (Å²) < 4.78 is 7.25. The maximum atomic E-state index is 6.04. The molecular weight excluding hydrogens is 238 g/mol. The van der Waals surface area contributed by atoms with Crippen LogP contribution in [0.4, 0.5) is 5.82 Å². The van der Waals surface area contributed by atoms with Crippen molar-refractivity contribution >= 4 is 17.4 Å². The molecule has 0 spiro atoms. The van der Waals surface area contributed by atoms with E-state index in [1.165, 1.54) is 0 Å². The Hall–Kier alpha value is -1.42. The number of nitrogen functional groups attached to an aromatic ring is 1. The van der Waals surface area contributed by atoms with Gasteiger partial charge in [-0.05, 0) is 33.8 Å². The fourth-order valence-corrected chi connectivity index (χ4v) is 2.16. The van der Waals surface area contributed by atoms with Crippen LogP contribution in [0.3, 0.4) is 0 Å². The van der Waals surface area contributed by atoms with E-state index in [1.807, 2.05) is 33.8 Å². The minimum atomic E-state index is 0.0126. The number of hydrogen-bond donors (Lipinski definition) is 1. The van der Waals surface area contributed by atoms with Crippen LogP contribution in [-0.4, -0.2) is 9.78 Å². The van der Waals surface area contributed by atoms with Crippen LogP contribution in [-0.2, 0) is 0 Å². The lowest BCUT2D eigenvalue weighted by atomic mass is 10.1. The summed E-state index contributed by atoms with van der Waals surface area (Å²) in [5.41, 5.74) is 7.76. The molecule has 2 aromatic rings. The Morgan fingerprint density at radius 2 is 2.06 bits per heavy atom. The maximum absolute atomic E-state index is 6.04. The first-order valence-corrected chi connectivity index (χ1v) is 5.86. The van der Waals surface area contributed by atoms with Crippen LogP contribution in [0.25, 0.3) is 0 Å². The van der Waals surface area contributed by atoms with Gasteiger partial charge in [0, 0.05) is 5.56 Å². The third kappa shape index (κ3) is 1.93. The van der Waals surface area contributed by atoms with Crippen molar-refractivity contribution in [3.63, 3.8) is 0 Å². The van der Waals surface area contributed by atoms with Gasteiger partial charge in [-0.25, -0.2) is 4.68 Å². The zero-order chi connectivity index (χ0) is 12.7. The lowest BCUT2D eigenvalue weighted by Crippen LogP contribution is -2.11. The van der Waals surface area contributed by atoms with Gasteiger partial charge in [0.15, 0.2) is 0 Å². The smallest absolute Gasteiger partial charge is 0.141 e. The minimum absolute atomic E-state index is 0.0126. The molecule has 0 amide bonds. The monoisotopic (exact) mass is 253 g/mol. The second-order valence-corrected chi connectivity index (χ2v) is 4.65. The summed E-state index contributed by atoms with van der Waals surface area (Å²) in [4.78, 5) is 0. The topological polar surface area (TPSA) is 57.0 Å². The molecule has 0 aliphatic carbocycles. The van der Waals surface area contributed by atoms with E-state index in [0.717, 1.165) is 22.8 Å². The van der Waals surface area contributed by atoms with Crippen LogP contribution < -0.4 is 5.73 Å². The largest absolute Gasteiger partial charge is 0.466 e. The number of nitrogens with two attached hydrogens (primary N) is 1. The van der Waals surface area contributed by atoms with Crippen molar-refractivity contribution in [2.24, 2.45) is 0 Å². The number of nitrogens with zero attached hydrogens (tertiary/aromatic N) is 2. The summed E-state index contributed by atoms with van der Waals surface area (Å²) in [5.74, 6) is 2.27. The van der Waals surface area contributed by atoms with E-state index < -0.39 is 0 Å². The Morgan fingerprint density at radius 1 is 1.41 bits per heavy atom. The first-order chi connectivity index (χ1) is 7.91. The molecule has 0 aliphatic rings. The molecule has 0 saturated heterocycles. The summed E-state index contributed by atoms with van der Waals surface area (Å²) in [5, 5.41) is 4.88. The average Bonchev–Trinajstić information content (AvgIpc) is 2.72. The molecule has 17 heavy (non-hydrogen) atoms. The van der Waals surface area contributed by atoms with Crippen molar-refractivity contribution in [2.45, 2.75) is 33.7 Å². The Morgan fingerprint density at radius 3 is 2.47 bits per heavy atom. The highest BCUT2D eigenvalue weighted by Crippen LogP contribution is 2.30. The van der Waals surface area contributed by atoms with Gasteiger partial charge in [-0.1, -0.05) is 11.6 Å². The van der Waals surface area contributed by atoms with Crippen LogP contribution in [0.1, 0.15) is 35.7 Å². The molecule has 2 aromatic heterocycles. The lowest BCUT2D eigenvalue weighted by Gasteiger charge is -2.13. The Balaban J connectivity index is 2.47. The summed E-state index contributed by atoms with van der Waals surface area (Å²) in [6, 6.07) is 2.02. The Bertz CT molecular complexity index is 556. The first-order valence-electron chi connectivity index (χ1n) is 5.48. The van der Waals surface area contributed by atoms with E-state index in [4.69, 9.17) is 21.8 Å². The quantitative estimate of drug-likeness (QED) is 0.894. The van der Waals surface area contributed by atoms with Gasteiger partial charge in [-0.15, -0.1) is 0 Å². The molecule has 92 valence electrons. The van der Waals surface area contributed by atoms with Crippen LogP contribution in [0.2, 0.25) is 5.02 Å². The molecule has 0 aromatic carbocycles. The Labute approximate surface area is 105 Å². The molecule has 2 heterocycles. The van der Waals surface area contributed by atoms with E-state index in [1.54, 1.807) is 4.68 Å². The number of furan rings is 1. The third-order valence-corrected chi connectivity index (χ3v) is 3.41. The highest BCUT2D eigenvalue weighted by Gasteiger charge is 2.19. The molecular formula is C12H16ClN3O. The molecule has 1 unspecified atom stereocenters. The highest BCUT2D eigenvalue weighted by molar-refractivity contribution is 6.33. The lowest BCUT2D eigenvalue weighted by molar-refractivity contribution is 0.488. The van der Waals surface area contributed by atoms with Crippen molar-refractivity contribution in [2.75, 3.05) is 5.73 Å². The van der Waals surface area contributed by atoms with Gasteiger partial charge in [0.2, 0.25) is 0 Å². The molecule has 0 saturated carbocycles. The van der Waals surface area contributed by atoms with Crippen molar-refractivity contribution in [1.29, 1.82) is 0 Å². The third-order valence-electron chi connectivity index (χ3n) is 2.94. The van der Waals surface area contributed by atoms with Crippen molar-refractivity contribution in [3.8, 4) is 0 Å². The van der Waals surface area contributed by atoms with E-state index >= 15 is 0 Å². The van der Waals surface area contributed by atoms with Crippen LogP contribution in [0.15, 0.2) is 10.5 Å². The van der Waals surface area contributed by atoms with Gasteiger partial charge < -0.3 is 10.2 Å². The molecule has 0 fully saturated rings. The average molecular weight is 254 g/mol. The molecule has 5 heteroatoms.